The summed E-state index contributed by atoms with van der Waals surface area (Å²) in [6.07, 6.45) is 3.63. The van der Waals surface area contributed by atoms with Crippen LogP contribution in [0.15, 0.2) is 36.4 Å². The summed E-state index contributed by atoms with van der Waals surface area (Å²) >= 11 is 0. The van der Waals surface area contributed by atoms with Gasteiger partial charge in [-0.25, -0.2) is 14.8 Å². The van der Waals surface area contributed by atoms with Crippen molar-refractivity contribution in [3.05, 3.63) is 64.5 Å². The number of carbonyl (C=O) groups is 1. The van der Waals surface area contributed by atoms with Crippen LogP contribution in [0.2, 0.25) is 0 Å². The number of rotatable bonds is 3. The molecule has 1 fully saturated rings. The largest absolute Gasteiger partial charge is 0.423 e. The Bertz CT molecular complexity index is 1100. The lowest BCUT2D eigenvalue weighted by Gasteiger charge is -2.15. The number of nitrogens with zero attached hydrogens (tertiary/aromatic N) is 2. The molecule has 1 heterocycles. The van der Waals surface area contributed by atoms with Crippen molar-refractivity contribution in [1.29, 1.82) is 0 Å². The molecule has 2 aliphatic carbocycles. The standard InChI is InChI=1S/C24H24N2O2/c1-13(2)18-8-4-14(3)10-21(18)28-24(27)17-7-9-19-20(12-17)26-23-16-6-5-15(11-16)22(23)25-19/h4,7-10,12-13,15-16H,5-6,11H2,1-3H3. The first-order valence-corrected chi connectivity index (χ1v) is 10.1. The van der Waals surface area contributed by atoms with E-state index in [1.54, 1.807) is 6.07 Å². The Kier molecular flexibility index (Phi) is 3.97. The molecule has 5 rings (SSSR count). The summed E-state index contributed by atoms with van der Waals surface area (Å²) < 4.78 is 5.78. The van der Waals surface area contributed by atoms with Gasteiger partial charge in [0.1, 0.15) is 5.75 Å². The molecule has 0 aliphatic heterocycles. The maximum atomic E-state index is 12.8. The van der Waals surface area contributed by atoms with E-state index in [1.165, 1.54) is 25.0 Å². The van der Waals surface area contributed by atoms with Gasteiger partial charge in [0.15, 0.2) is 0 Å². The lowest BCUT2D eigenvalue weighted by atomic mass is 10.00. The summed E-state index contributed by atoms with van der Waals surface area (Å²) in [5, 5.41) is 0. The fraction of sp³-hybridized carbons (Fsp3) is 0.375. The number of aryl methyl sites for hydroxylation is 1. The zero-order valence-electron chi connectivity index (χ0n) is 16.5. The predicted molar refractivity (Wildman–Crippen MR) is 109 cm³/mol. The third-order valence-electron chi connectivity index (χ3n) is 6.16. The Balaban J connectivity index is 1.48. The van der Waals surface area contributed by atoms with Crippen LogP contribution in [0.3, 0.4) is 0 Å². The second kappa shape index (κ2) is 6.40. The fourth-order valence-electron chi connectivity index (χ4n) is 4.65. The highest BCUT2D eigenvalue weighted by atomic mass is 16.5. The molecule has 2 atom stereocenters. The molecule has 1 aromatic heterocycles. The summed E-state index contributed by atoms with van der Waals surface area (Å²) in [6.45, 7) is 6.20. The molecule has 1 saturated carbocycles. The predicted octanol–water partition coefficient (Wildman–Crippen LogP) is 5.65. The first kappa shape index (κ1) is 17.4. The first-order chi connectivity index (χ1) is 13.5. The van der Waals surface area contributed by atoms with Crippen LogP contribution in [0.25, 0.3) is 11.0 Å². The van der Waals surface area contributed by atoms with Crippen molar-refractivity contribution in [2.45, 2.75) is 57.8 Å². The molecule has 28 heavy (non-hydrogen) atoms. The van der Waals surface area contributed by atoms with Gasteiger partial charge in [-0.15, -0.1) is 0 Å². The van der Waals surface area contributed by atoms with E-state index in [4.69, 9.17) is 14.7 Å². The molecule has 2 aromatic carbocycles. The van der Waals surface area contributed by atoms with Crippen LogP contribution in [0.1, 0.15) is 83.7 Å². The van der Waals surface area contributed by atoms with Gasteiger partial charge in [0.2, 0.25) is 0 Å². The van der Waals surface area contributed by atoms with E-state index in [2.05, 4.69) is 13.8 Å². The van der Waals surface area contributed by atoms with E-state index in [0.29, 0.717) is 23.1 Å². The molecule has 0 N–H and O–H groups in total. The van der Waals surface area contributed by atoms with Crippen molar-refractivity contribution in [3.8, 4) is 5.75 Å². The van der Waals surface area contributed by atoms with E-state index in [1.807, 2.05) is 37.3 Å². The second-order valence-corrected chi connectivity index (χ2v) is 8.49. The van der Waals surface area contributed by atoms with Gasteiger partial charge in [0.05, 0.1) is 28.0 Å². The second-order valence-electron chi connectivity index (χ2n) is 8.49. The van der Waals surface area contributed by atoms with E-state index >= 15 is 0 Å². The van der Waals surface area contributed by atoms with E-state index in [-0.39, 0.29) is 11.9 Å². The van der Waals surface area contributed by atoms with Crippen molar-refractivity contribution in [2.75, 3.05) is 0 Å². The van der Waals surface area contributed by atoms with Crippen molar-refractivity contribution in [2.24, 2.45) is 0 Å². The smallest absolute Gasteiger partial charge is 0.343 e. The quantitative estimate of drug-likeness (QED) is 0.441. The molecule has 2 aliphatic rings. The molecule has 2 unspecified atom stereocenters. The minimum absolute atomic E-state index is 0.281. The van der Waals surface area contributed by atoms with Crippen molar-refractivity contribution < 1.29 is 9.53 Å². The highest BCUT2D eigenvalue weighted by molar-refractivity contribution is 5.95. The van der Waals surface area contributed by atoms with Crippen LogP contribution in [-0.4, -0.2) is 15.9 Å². The van der Waals surface area contributed by atoms with Crippen LogP contribution >= 0.6 is 0 Å². The van der Waals surface area contributed by atoms with E-state index < -0.39 is 0 Å². The third kappa shape index (κ3) is 2.79. The van der Waals surface area contributed by atoms with Crippen molar-refractivity contribution in [1.82, 2.24) is 9.97 Å². The molecule has 0 radical (unpaired) electrons. The number of benzene rings is 2. The molecule has 4 heteroatoms. The van der Waals surface area contributed by atoms with E-state index in [0.717, 1.165) is 27.9 Å². The molecule has 4 nitrogen and oxygen atoms in total. The van der Waals surface area contributed by atoms with Crippen LogP contribution in [0.4, 0.5) is 0 Å². The first-order valence-electron chi connectivity index (χ1n) is 10.1. The fourth-order valence-corrected chi connectivity index (χ4v) is 4.65. The van der Waals surface area contributed by atoms with Gasteiger partial charge in [0, 0.05) is 11.8 Å². The summed E-state index contributed by atoms with van der Waals surface area (Å²) in [6, 6.07) is 11.5. The molecule has 2 bridgehead atoms. The Labute approximate surface area is 165 Å². The number of ether oxygens (including phenoxy) is 1. The minimum Gasteiger partial charge on any atom is -0.423 e. The molecule has 3 aromatic rings. The Hall–Kier alpha value is -2.75. The number of esters is 1. The third-order valence-corrected chi connectivity index (χ3v) is 6.16. The van der Waals surface area contributed by atoms with Crippen LogP contribution < -0.4 is 4.74 Å². The summed E-state index contributed by atoms with van der Waals surface area (Å²) in [4.78, 5) is 22.6. The lowest BCUT2D eigenvalue weighted by Crippen LogP contribution is -2.11. The monoisotopic (exact) mass is 372 g/mol. The molecule has 142 valence electrons. The van der Waals surface area contributed by atoms with E-state index in [9.17, 15) is 4.79 Å². The van der Waals surface area contributed by atoms with Gasteiger partial charge < -0.3 is 4.74 Å². The summed E-state index contributed by atoms with van der Waals surface area (Å²) in [5.74, 6) is 1.70. The van der Waals surface area contributed by atoms with Gasteiger partial charge >= 0.3 is 5.97 Å². The molecule has 0 amide bonds. The summed E-state index contributed by atoms with van der Waals surface area (Å²) in [7, 11) is 0. The van der Waals surface area contributed by atoms with Crippen molar-refractivity contribution in [3.63, 3.8) is 0 Å². The van der Waals surface area contributed by atoms with Gasteiger partial charge in [-0.1, -0.05) is 26.0 Å². The molecule has 0 spiro atoms. The van der Waals surface area contributed by atoms with Gasteiger partial charge in [-0.05, 0) is 67.5 Å². The van der Waals surface area contributed by atoms with Crippen LogP contribution in [0, 0.1) is 6.92 Å². The number of fused-ring (bicyclic) bond motifs is 6. The zero-order chi connectivity index (χ0) is 19.4. The van der Waals surface area contributed by atoms with Gasteiger partial charge in [0.25, 0.3) is 0 Å². The Morgan fingerprint density at radius 2 is 1.71 bits per heavy atom. The van der Waals surface area contributed by atoms with Crippen LogP contribution in [-0.2, 0) is 0 Å². The summed E-state index contributed by atoms with van der Waals surface area (Å²) in [5.41, 5.74) is 6.60. The maximum Gasteiger partial charge on any atom is 0.343 e. The van der Waals surface area contributed by atoms with Gasteiger partial charge in [-0.2, -0.15) is 0 Å². The minimum atomic E-state index is -0.349. The number of hydrogen-bond donors (Lipinski definition) is 0. The zero-order valence-corrected chi connectivity index (χ0v) is 16.5. The number of aromatic nitrogens is 2. The van der Waals surface area contributed by atoms with Crippen LogP contribution in [0.5, 0.6) is 5.75 Å². The average Bonchev–Trinajstić information content (AvgIpc) is 3.28. The van der Waals surface area contributed by atoms with Crippen molar-refractivity contribution >= 4 is 17.0 Å². The normalized spacial score (nSPS) is 20.0. The number of hydrogen-bond acceptors (Lipinski definition) is 4. The number of carbonyl (C=O) groups excluding carboxylic acids is 1. The average molecular weight is 372 g/mol. The Morgan fingerprint density at radius 1 is 1.00 bits per heavy atom. The topological polar surface area (TPSA) is 52.1 Å². The maximum absolute atomic E-state index is 12.8. The molecular formula is C24H24N2O2. The lowest BCUT2D eigenvalue weighted by molar-refractivity contribution is 0.0733. The highest BCUT2D eigenvalue weighted by Gasteiger charge is 2.39. The van der Waals surface area contributed by atoms with Gasteiger partial charge in [-0.3, -0.25) is 0 Å². The molecule has 0 saturated heterocycles. The highest BCUT2D eigenvalue weighted by Crippen LogP contribution is 2.51. The molecular weight excluding hydrogens is 348 g/mol. The Morgan fingerprint density at radius 3 is 2.43 bits per heavy atom. The SMILES string of the molecule is Cc1ccc(C(C)C)c(OC(=O)c2ccc3nc4c(nc3c2)C2CCC4C2)c1.